The summed E-state index contributed by atoms with van der Waals surface area (Å²) in [5.74, 6) is 4.52. The molecular formula is C20H36N6O. The van der Waals surface area contributed by atoms with Crippen LogP contribution in [-0.2, 0) is 24.3 Å². The number of nitrogens with one attached hydrogen (secondary N) is 2. The van der Waals surface area contributed by atoms with Gasteiger partial charge in [0.2, 0.25) is 0 Å². The van der Waals surface area contributed by atoms with Crippen molar-refractivity contribution in [3.05, 3.63) is 11.6 Å². The fraction of sp³-hybridized carbons (Fsp3) is 0.850. The van der Waals surface area contributed by atoms with E-state index in [0.717, 1.165) is 61.9 Å². The van der Waals surface area contributed by atoms with Gasteiger partial charge in [-0.2, -0.15) is 5.10 Å². The first-order chi connectivity index (χ1) is 13.2. The third kappa shape index (κ3) is 5.92. The molecule has 3 atom stereocenters. The summed E-state index contributed by atoms with van der Waals surface area (Å²) in [5.41, 5.74) is 0. The molecule has 0 aromatic carbocycles. The summed E-state index contributed by atoms with van der Waals surface area (Å²) < 4.78 is 7.16. The summed E-state index contributed by atoms with van der Waals surface area (Å²) in [6.07, 6.45) is 8.75. The van der Waals surface area contributed by atoms with Crippen molar-refractivity contribution < 1.29 is 4.74 Å². The van der Waals surface area contributed by atoms with Crippen LogP contribution in [0.1, 0.15) is 64.0 Å². The van der Waals surface area contributed by atoms with E-state index in [4.69, 9.17) is 9.73 Å². The lowest BCUT2D eigenvalue weighted by Gasteiger charge is -2.27. The minimum atomic E-state index is 0.335. The van der Waals surface area contributed by atoms with Gasteiger partial charge in [0.15, 0.2) is 11.8 Å². The van der Waals surface area contributed by atoms with E-state index in [9.17, 15) is 0 Å². The number of methoxy groups -OCH3 is 1. The Morgan fingerprint density at radius 1 is 1.33 bits per heavy atom. The van der Waals surface area contributed by atoms with E-state index in [1.807, 2.05) is 4.68 Å². The minimum Gasteiger partial charge on any atom is -0.377 e. The molecular weight excluding hydrogens is 340 g/mol. The molecule has 1 aliphatic carbocycles. The van der Waals surface area contributed by atoms with Crippen LogP contribution in [0.3, 0.4) is 0 Å². The number of aryl methyl sites for hydroxylation is 1. The van der Waals surface area contributed by atoms with Gasteiger partial charge in [-0.15, -0.1) is 0 Å². The van der Waals surface area contributed by atoms with Crippen LogP contribution in [0.2, 0.25) is 0 Å². The first-order valence-corrected chi connectivity index (χ1v) is 10.6. The maximum atomic E-state index is 5.15. The number of aliphatic imine (C=N–C) groups is 1. The molecule has 1 aliphatic heterocycles. The topological polar surface area (TPSA) is 76.4 Å². The summed E-state index contributed by atoms with van der Waals surface area (Å²) in [6, 6.07) is 0.335. The molecule has 0 spiro atoms. The molecule has 2 heterocycles. The van der Waals surface area contributed by atoms with Crippen molar-refractivity contribution in [2.75, 3.05) is 20.2 Å². The van der Waals surface area contributed by atoms with Crippen LogP contribution in [-0.4, -0.2) is 47.0 Å². The van der Waals surface area contributed by atoms with Crippen molar-refractivity contribution in [2.45, 2.75) is 78.0 Å². The average Bonchev–Trinajstić information content (AvgIpc) is 3.04. The van der Waals surface area contributed by atoms with Gasteiger partial charge in [-0.05, 0) is 38.0 Å². The van der Waals surface area contributed by atoms with Crippen LogP contribution < -0.4 is 10.6 Å². The van der Waals surface area contributed by atoms with Crippen molar-refractivity contribution in [3.8, 4) is 0 Å². The highest BCUT2D eigenvalue weighted by Crippen LogP contribution is 2.30. The van der Waals surface area contributed by atoms with Gasteiger partial charge in [0, 0.05) is 32.7 Å². The number of fused-ring (bicyclic) bond motifs is 1. The maximum absolute atomic E-state index is 5.15. The highest BCUT2D eigenvalue weighted by Gasteiger charge is 2.22. The molecule has 0 bridgehead atoms. The van der Waals surface area contributed by atoms with Crippen LogP contribution in [0.4, 0.5) is 0 Å². The number of hydrogen-bond donors (Lipinski definition) is 2. The van der Waals surface area contributed by atoms with Crippen LogP contribution >= 0.6 is 0 Å². The Bertz CT molecular complexity index is 614. The zero-order valence-electron chi connectivity index (χ0n) is 17.2. The quantitative estimate of drug-likeness (QED) is 0.565. The average molecular weight is 377 g/mol. The fourth-order valence-electron chi connectivity index (χ4n) is 4.36. The fourth-order valence-corrected chi connectivity index (χ4v) is 4.36. The van der Waals surface area contributed by atoms with Crippen LogP contribution in [0.5, 0.6) is 0 Å². The van der Waals surface area contributed by atoms with Crippen LogP contribution in [0.25, 0.3) is 0 Å². The van der Waals surface area contributed by atoms with E-state index in [1.165, 1.54) is 32.1 Å². The van der Waals surface area contributed by atoms with E-state index in [1.54, 1.807) is 7.11 Å². The van der Waals surface area contributed by atoms with Gasteiger partial charge < -0.3 is 15.4 Å². The lowest BCUT2D eigenvalue weighted by Crippen LogP contribution is -2.47. The van der Waals surface area contributed by atoms with Gasteiger partial charge in [-0.3, -0.25) is 4.99 Å². The molecule has 1 aromatic rings. The molecule has 0 radical (unpaired) electrons. The summed E-state index contributed by atoms with van der Waals surface area (Å²) >= 11 is 0. The molecule has 3 rings (SSSR count). The van der Waals surface area contributed by atoms with Gasteiger partial charge in [-0.1, -0.05) is 26.2 Å². The van der Waals surface area contributed by atoms with Crippen molar-refractivity contribution in [3.63, 3.8) is 0 Å². The van der Waals surface area contributed by atoms with Gasteiger partial charge in [0.25, 0.3) is 0 Å². The molecule has 7 nitrogen and oxygen atoms in total. The first-order valence-electron chi connectivity index (χ1n) is 10.6. The van der Waals surface area contributed by atoms with E-state index in [-0.39, 0.29) is 0 Å². The SMILES string of the molecule is CCNC(=NCCC1CCCC(C)C1)NC1CCc2nc(COC)nn2C1. The Morgan fingerprint density at radius 3 is 3.00 bits per heavy atom. The molecule has 0 amide bonds. The molecule has 3 unspecified atom stereocenters. The van der Waals surface area contributed by atoms with Gasteiger partial charge in [0.05, 0.1) is 6.54 Å². The molecule has 0 saturated heterocycles. The number of nitrogens with zero attached hydrogens (tertiary/aromatic N) is 4. The smallest absolute Gasteiger partial charge is 0.191 e. The van der Waals surface area contributed by atoms with E-state index >= 15 is 0 Å². The van der Waals surface area contributed by atoms with Crippen molar-refractivity contribution >= 4 is 5.96 Å². The largest absolute Gasteiger partial charge is 0.377 e. The molecule has 1 aromatic heterocycles. The molecule has 152 valence electrons. The molecule has 1 saturated carbocycles. The normalized spacial score (nSPS) is 25.9. The van der Waals surface area contributed by atoms with E-state index < -0.39 is 0 Å². The number of aromatic nitrogens is 3. The number of rotatable bonds is 7. The monoisotopic (exact) mass is 376 g/mol. The first kappa shape index (κ1) is 20.1. The Kier molecular flexibility index (Phi) is 7.50. The summed E-state index contributed by atoms with van der Waals surface area (Å²) in [4.78, 5) is 9.40. The lowest BCUT2D eigenvalue weighted by atomic mass is 9.81. The molecule has 7 heteroatoms. The second-order valence-electron chi connectivity index (χ2n) is 8.13. The Balaban J connectivity index is 1.51. The molecule has 1 fully saturated rings. The predicted octanol–water partition coefficient (Wildman–Crippen LogP) is 2.51. The zero-order chi connectivity index (χ0) is 19.1. The summed E-state index contributed by atoms with van der Waals surface area (Å²) in [5, 5.41) is 11.6. The maximum Gasteiger partial charge on any atom is 0.191 e. The number of ether oxygens (including phenoxy) is 1. The third-order valence-corrected chi connectivity index (χ3v) is 5.71. The number of hydrogen-bond acceptors (Lipinski definition) is 4. The van der Waals surface area contributed by atoms with Gasteiger partial charge in [0.1, 0.15) is 12.4 Å². The van der Waals surface area contributed by atoms with E-state index in [0.29, 0.717) is 12.6 Å². The second-order valence-corrected chi connectivity index (χ2v) is 8.13. The molecule has 2 N–H and O–H groups in total. The van der Waals surface area contributed by atoms with Crippen molar-refractivity contribution in [2.24, 2.45) is 16.8 Å². The second kappa shape index (κ2) is 10.1. The Hall–Kier alpha value is -1.63. The van der Waals surface area contributed by atoms with Crippen molar-refractivity contribution in [1.82, 2.24) is 25.4 Å². The molecule has 27 heavy (non-hydrogen) atoms. The summed E-state index contributed by atoms with van der Waals surface area (Å²) in [7, 11) is 1.68. The third-order valence-electron chi connectivity index (χ3n) is 5.71. The highest BCUT2D eigenvalue weighted by molar-refractivity contribution is 5.80. The Morgan fingerprint density at radius 2 is 2.22 bits per heavy atom. The van der Waals surface area contributed by atoms with Gasteiger partial charge in [-0.25, -0.2) is 9.67 Å². The zero-order valence-corrected chi connectivity index (χ0v) is 17.2. The molecule has 2 aliphatic rings. The predicted molar refractivity (Wildman–Crippen MR) is 108 cm³/mol. The van der Waals surface area contributed by atoms with Gasteiger partial charge >= 0.3 is 0 Å². The highest BCUT2D eigenvalue weighted by atomic mass is 16.5. The standard InChI is InChI=1S/C20H36N6O/c1-4-21-20(22-11-10-16-7-5-6-15(2)12-16)23-17-8-9-19-24-18(14-27-3)25-26(19)13-17/h15-17H,4-14H2,1-3H3,(H2,21,22,23). The van der Waals surface area contributed by atoms with E-state index in [2.05, 4.69) is 34.6 Å². The Labute approximate surface area is 163 Å². The van der Waals surface area contributed by atoms with Crippen LogP contribution in [0, 0.1) is 11.8 Å². The van der Waals surface area contributed by atoms with Crippen molar-refractivity contribution in [1.29, 1.82) is 0 Å². The summed E-state index contributed by atoms with van der Waals surface area (Å²) in [6.45, 7) is 7.60. The lowest BCUT2D eigenvalue weighted by molar-refractivity contribution is 0.177. The number of guanidine groups is 1. The minimum absolute atomic E-state index is 0.335. The van der Waals surface area contributed by atoms with Crippen LogP contribution in [0.15, 0.2) is 4.99 Å².